The Morgan fingerprint density at radius 1 is 1.24 bits per heavy atom. The fourth-order valence-electron chi connectivity index (χ4n) is 2.11. The molecule has 0 aromatic carbocycles. The molecule has 0 radical (unpaired) electrons. The summed E-state index contributed by atoms with van der Waals surface area (Å²) in [5, 5.41) is 1.63. The molecule has 1 unspecified atom stereocenters. The number of nitrogens with zero attached hydrogens (tertiary/aromatic N) is 4. The average molecular weight is 299 g/mol. The third-order valence-corrected chi connectivity index (χ3v) is 4.22. The number of fused-ring (bicyclic) bond motifs is 1. The van der Waals surface area contributed by atoms with Gasteiger partial charge in [-0.15, -0.1) is 0 Å². The van der Waals surface area contributed by atoms with Crippen molar-refractivity contribution in [2.75, 3.05) is 0 Å². The molecule has 0 saturated heterocycles. The molecule has 0 saturated carbocycles. The molecule has 0 aliphatic carbocycles. The molecular weight excluding hydrogens is 282 g/mol. The number of pyridine rings is 1. The highest BCUT2D eigenvalue weighted by Crippen LogP contribution is 2.28. The van der Waals surface area contributed by atoms with Gasteiger partial charge in [0.2, 0.25) is 0 Å². The van der Waals surface area contributed by atoms with Gasteiger partial charge in [-0.05, 0) is 36.4 Å². The van der Waals surface area contributed by atoms with Gasteiger partial charge in [-0.2, -0.15) is 0 Å². The maximum atomic E-state index is 6.14. The van der Waals surface area contributed by atoms with Crippen molar-refractivity contribution in [2.24, 2.45) is 5.73 Å². The molecule has 3 aromatic rings. The van der Waals surface area contributed by atoms with E-state index in [1.165, 1.54) is 11.8 Å². The highest BCUT2D eigenvalue weighted by molar-refractivity contribution is 7.99. The lowest BCUT2D eigenvalue weighted by Gasteiger charge is -2.09. The van der Waals surface area contributed by atoms with Crippen LogP contribution < -0.4 is 5.73 Å². The van der Waals surface area contributed by atoms with E-state index in [-0.39, 0.29) is 6.04 Å². The van der Waals surface area contributed by atoms with E-state index in [4.69, 9.17) is 5.73 Å². The number of rotatable bonds is 5. The highest BCUT2D eigenvalue weighted by atomic mass is 32.2. The summed E-state index contributed by atoms with van der Waals surface area (Å²) in [6, 6.07) is 7.92. The SMILES string of the molecule is CCC(N)Cc1c(Sc2ncccn2)nc2ccccn12. The minimum Gasteiger partial charge on any atom is -0.327 e. The molecular formula is C15H17N5S. The second kappa shape index (κ2) is 6.24. The Bertz CT molecular complexity index is 725. The number of hydrogen-bond acceptors (Lipinski definition) is 5. The fourth-order valence-corrected chi connectivity index (χ4v) is 2.95. The van der Waals surface area contributed by atoms with Gasteiger partial charge in [0.15, 0.2) is 5.16 Å². The molecule has 2 N–H and O–H groups in total. The van der Waals surface area contributed by atoms with Crippen LogP contribution in [0.4, 0.5) is 0 Å². The van der Waals surface area contributed by atoms with Crippen LogP contribution in [0.25, 0.3) is 5.65 Å². The second-order valence-electron chi connectivity index (χ2n) is 4.80. The topological polar surface area (TPSA) is 69.1 Å². The molecule has 1 atom stereocenters. The highest BCUT2D eigenvalue weighted by Gasteiger charge is 2.16. The molecule has 108 valence electrons. The Hall–Kier alpha value is -1.92. The van der Waals surface area contributed by atoms with Gasteiger partial charge in [-0.25, -0.2) is 15.0 Å². The van der Waals surface area contributed by atoms with E-state index in [0.29, 0.717) is 5.16 Å². The number of aromatic nitrogens is 4. The Morgan fingerprint density at radius 2 is 2.05 bits per heavy atom. The summed E-state index contributed by atoms with van der Waals surface area (Å²) in [6.45, 7) is 2.10. The van der Waals surface area contributed by atoms with Gasteiger partial charge in [0.1, 0.15) is 10.7 Å². The van der Waals surface area contributed by atoms with Gasteiger partial charge in [-0.3, -0.25) is 0 Å². The van der Waals surface area contributed by atoms with Crippen LogP contribution in [-0.4, -0.2) is 25.4 Å². The van der Waals surface area contributed by atoms with Gasteiger partial charge in [0.25, 0.3) is 0 Å². The third-order valence-electron chi connectivity index (χ3n) is 3.30. The fraction of sp³-hybridized carbons (Fsp3) is 0.267. The molecule has 0 aliphatic heterocycles. The summed E-state index contributed by atoms with van der Waals surface area (Å²) in [5.74, 6) is 0. The minimum atomic E-state index is 0.126. The molecule has 3 heterocycles. The Kier molecular flexibility index (Phi) is 4.17. The van der Waals surface area contributed by atoms with Crippen LogP contribution in [0.2, 0.25) is 0 Å². The molecule has 5 nitrogen and oxygen atoms in total. The molecule has 0 spiro atoms. The summed E-state index contributed by atoms with van der Waals surface area (Å²) in [5.41, 5.74) is 8.18. The van der Waals surface area contributed by atoms with Crippen LogP contribution in [0.15, 0.2) is 53.0 Å². The predicted molar refractivity (Wildman–Crippen MR) is 83.3 cm³/mol. The van der Waals surface area contributed by atoms with Crippen LogP contribution in [0.3, 0.4) is 0 Å². The smallest absolute Gasteiger partial charge is 0.193 e. The second-order valence-corrected chi connectivity index (χ2v) is 5.75. The lowest BCUT2D eigenvalue weighted by molar-refractivity contribution is 0.627. The first-order valence-corrected chi connectivity index (χ1v) is 7.76. The molecule has 3 aromatic heterocycles. The zero-order valence-electron chi connectivity index (χ0n) is 11.8. The maximum Gasteiger partial charge on any atom is 0.193 e. The van der Waals surface area contributed by atoms with Crippen molar-refractivity contribution in [3.8, 4) is 0 Å². The summed E-state index contributed by atoms with van der Waals surface area (Å²) < 4.78 is 2.10. The van der Waals surface area contributed by atoms with Gasteiger partial charge < -0.3 is 10.1 Å². The lowest BCUT2D eigenvalue weighted by atomic mass is 10.1. The van der Waals surface area contributed by atoms with Crippen LogP contribution in [0.5, 0.6) is 0 Å². The molecule has 0 fully saturated rings. The number of imidazole rings is 1. The van der Waals surface area contributed by atoms with Crippen molar-refractivity contribution in [3.05, 3.63) is 48.5 Å². The first-order valence-electron chi connectivity index (χ1n) is 6.94. The van der Waals surface area contributed by atoms with E-state index in [1.807, 2.05) is 30.5 Å². The summed E-state index contributed by atoms with van der Waals surface area (Å²) in [4.78, 5) is 13.2. The van der Waals surface area contributed by atoms with E-state index >= 15 is 0 Å². The van der Waals surface area contributed by atoms with E-state index in [2.05, 4.69) is 26.3 Å². The zero-order chi connectivity index (χ0) is 14.7. The van der Waals surface area contributed by atoms with Gasteiger partial charge in [0.05, 0.1) is 5.69 Å². The van der Waals surface area contributed by atoms with Crippen molar-refractivity contribution in [2.45, 2.75) is 36.0 Å². The number of nitrogens with two attached hydrogens (primary N) is 1. The van der Waals surface area contributed by atoms with Crippen LogP contribution in [-0.2, 0) is 6.42 Å². The molecule has 6 heteroatoms. The lowest BCUT2D eigenvalue weighted by Crippen LogP contribution is -2.22. The van der Waals surface area contributed by atoms with Crippen molar-refractivity contribution in [1.82, 2.24) is 19.4 Å². The third kappa shape index (κ3) is 3.06. The normalized spacial score (nSPS) is 12.7. The van der Waals surface area contributed by atoms with E-state index in [9.17, 15) is 0 Å². The van der Waals surface area contributed by atoms with Gasteiger partial charge in [0, 0.05) is 31.1 Å². The van der Waals surface area contributed by atoms with Crippen LogP contribution in [0, 0.1) is 0 Å². The first-order chi connectivity index (χ1) is 10.3. The van der Waals surface area contributed by atoms with Crippen molar-refractivity contribution < 1.29 is 0 Å². The number of hydrogen-bond donors (Lipinski definition) is 1. The van der Waals surface area contributed by atoms with E-state index < -0.39 is 0 Å². The Morgan fingerprint density at radius 3 is 2.81 bits per heavy atom. The largest absolute Gasteiger partial charge is 0.327 e. The quantitative estimate of drug-likeness (QED) is 0.733. The maximum absolute atomic E-state index is 6.14. The Balaban J connectivity index is 2.02. The van der Waals surface area contributed by atoms with E-state index in [1.54, 1.807) is 12.4 Å². The van der Waals surface area contributed by atoms with Crippen molar-refractivity contribution >= 4 is 17.4 Å². The molecule has 0 aliphatic rings. The molecule has 3 rings (SSSR count). The van der Waals surface area contributed by atoms with Gasteiger partial charge >= 0.3 is 0 Å². The van der Waals surface area contributed by atoms with Crippen LogP contribution >= 0.6 is 11.8 Å². The molecule has 0 amide bonds. The minimum absolute atomic E-state index is 0.126. The average Bonchev–Trinajstić information content (AvgIpc) is 2.86. The molecule has 21 heavy (non-hydrogen) atoms. The Labute approximate surface area is 127 Å². The van der Waals surface area contributed by atoms with Crippen LogP contribution in [0.1, 0.15) is 19.0 Å². The van der Waals surface area contributed by atoms with Crippen molar-refractivity contribution in [1.29, 1.82) is 0 Å². The zero-order valence-corrected chi connectivity index (χ0v) is 12.6. The van der Waals surface area contributed by atoms with Gasteiger partial charge in [-0.1, -0.05) is 13.0 Å². The first kappa shape index (κ1) is 14.0. The summed E-state index contributed by atoms with van der Waals surface area (Å²) in [7, 11) is 0. The van der Waals surface area contributed by atoms with Crippen molar-refractivity contribution in [3.63, 3.8) is 0 Å². The standard InChI is InChI=1S/C15H17N5S/c1-2-11(16)10-12-14(21-15-17-7-5-8-18-15)19-13-6-3-4-9-20(12)13/h3-9,11H,2,10,16H2,1H3. The summed E-state index contributed by atoms with van der Waals surface area (Å²) in [6.07, 6.45) is 7.23. The summed E-state index contributed by atoms with van der Waals surface area (Å²) >= 11 is 1.48. The van der Waals surface area contributed by atoms with E-state index in [0.717, 1.165) is 29.2 Å². The predicted octanol–water partition coefficient (Wildman–Crippen LogP) is 2.56. The molecule has 0 bridgehead atoms. The monoisotopic (exact) mass is 299 g/mol.